The van der Waals surface area contributed by atoms with Crippen LogP contribution < -0.4 is 5.73 Å². The van der Waals surface area contributed by atoms with E-state index in [0.29, 0.717) is 11.4 Å². The molecular weight excluding hydrogens is 222 g/mol. The number of rotatable bonds is 3. The lowest BCUT2D eigenvalue weighted by Gasteiger charge is -2.03. The Bertz CT molecular complexity index is 519. The van der Waals surface area contributed by atoms with Crippen LogP contribution in [0.15, 0.2) is 35.7 Å². The van der Waals surface area contributed by atoms with Crippen molar-refractivity contribution in [3.05, 3.63) is 46.2 Å². The number of thiophene rings is 1. The van der Waals surface area contributed by atoms with E-state index in [1.165, 1.54) is 11.3 Å². The number of nitrogens with two attached hydrogens (primary N) is 1. The molecule has 0 radical (unpaired) electrons. The van der Waals surface area contributed by atoms with Gasteiger partial charge in [-0.2, -0.15) is 0 Å². The van der Waals surface area contributed by atoms with Crippen LogP contribution in [-0.2, 0) is 6.54 Å². The standard InChI is InChI=1S/C12H11NO2S/c13-7-8-2-1-3-9(6-8)10-4-5-16-11(10)12(14)15/h1-6H,7,13H2,(H,14,15). The number of carboxylic acid groups (broad SMARTS) is 1. The van der Waals surface area contributed by atoms with Gasteiger partial charge in [0, 0.05) is 12.1 Å². The Morgan fingerprint density at radius 1 is 1.38 bits per heavy atom. The number of carbonyl (C=O) groups is 1. The highest BCUT2D eigenvalue weighted by Crippen LogP contribution is 2.28. The summed E-state index contributed by atoms with van der Waals surface area (Å²) in [5.41, 5.74) is 8.22. The lowest BCUT2D eigenvalue weighted by Crippen LogP contribution is -1.97. The molecule has 1 heterocycles. The minimum absolute atomic E-state index is 0.370. The second kappa shape index (κ2) is 4.47. The fraction of sp³-hybridized carbons (Fsp3) is 0.0833. The Hall–Kier alpha value is -1.65. The van der Waals surface area contributed by atoms with Gasteiger partial charge in [-0.3, -0.25) is 0 Å². The highest BCUT2D eigenvalue weighted by molar-refractivity contribution is 7.12. The van der Waals surface area contributed by atoms with Gasteiger partial charge in [0.2, 0.25) is 0 Å². The zero-order valence-corrected chi connectivity index (χ0v) is 9.33. The van der Waals surface area contributed by atoms with E-state index in [0.717, 1.165) is 16.7 Å². The third-order valence-electron chi connectivity index (χ3n) is 2.33. The van der Waals surface area contributed by atoms with Crippen LogP contribution in [0.25, 0.3) is 11.1 Å². The van der Waals surface area contributed by atoms with Crippen LogP contribution in [0.5, 0.6) is 0 Å². The van der Waals surface area contributed by atoms with Crippen LogP contribution in [0.4, 0.5) is 0 Å². The number of aromatic carboxylic acids is 1. The van der Waals surface area contributed by atoms with Crippen LogP contribution in [0.1, 0.15) is 15.2 Å². The van der Waals surface area contributed by atoms with Gasteiger partial charge in [-0.15, -0.1) is 11.3 Å². The monoisotopic (exact) mass is 233 g/mol. The Kier molecular flexibility index (Phi) is 3.03. The van der Waals surface area contributed by atoms with E-state index >= 15 is 0 Å². The first kappa shape index (κ1) is 10.9. The largest absolute Gasteiger partial charge is 0.477 e. The van der Waals surface area contributed by atoms with Crippen LogP contribution in [0.2, 0.25) is 0 Å². The van der Waals surface area contributed by atoms with E-state index < -0.39 is 5.97 Å². The van der Waals surface area contributed by atoms with Crippen molar-refractivity contribution in [3.63, 3.8) is 0 Å². The van der Waals surface area contributed by atoms with Crippen molar-refractivity contribution < 1.29 is 9.90 Å². The van der Waals surface area contributed by atoms with Gasteiger partial charge in [0.1, 0.15) is 4.88 Å². The van der Waals surface area contributed by atoms with Crippen molar-refractivity contribution in [3.8, 4) is 11.1 Å². The molecule has 0 saturated heterocycles. The Morgan fingerprint density at radius 2 is 2.19 bits per heavy atom. The van der Waals surface area contributed by atoms with Gasteiger partial charge >= 0.3 is 5.97 Å². The SMILES string of the molecule is NCc1cccc(-c2ccsc2C(=O)O)c1. The summed E-state index contributed by atoms with van der Waals surface area (Å²) in [4.78, 5) is 11.4. The topological polar surface area (TPSA) is 63.3 Å². The average Bonchev–Trinajstić information content (AvgIpc) is 2.78. The summed E-state index contributed by atoms with van der Waals surface area (Å²) < 4.78 is 0. The molecule has 3 N–H and O–H groups in total. The third-order valence-corrected chi connectivity index (χ3v) is 3.24. The summed E-state index contributed by atoms with van der Waals surface area (Å²) in [6.45, 7) is 0.459. The van der Waals surface area contributed by atoms with Crippen molar-refractivity contribution >= 4 is 17.3 Å². The average molecular weight is 233 g/mol. The first-order chi connectivity index (χ1) is 7.72. The normalized spacial score (nSPS) is 10.3. The molecule has 1 aromatic carbocycles. The number of carboxylic acids is 1. The number of hydrogen-bond acceptors (Lipinski definition) is 3. The fourth-order valence-corrected chi connectivity index (χ4v) is 2.32. The van der Waals surface area contributed by atoms with E-state index in [2.05, 4.69) is 0 Å². The molecule has 0 spiro atoms. The minimum Gasteiger partial charge on any atom is -0.477 e. The molecule has 0 atom stereocenters. The van der Waals surface area contributed by atoms with Crippen molar-refractivity contribution in [2.75, 3.05) is 0 Å². The molecule has 0 saturated carbocycles. The van der Waals surface area contributed by atoms with Gasteiger partial charge in [-0.25, -0.2) is 4.79 Å². The van der Waals surface area contributed by atoms with E-state index in [1.54, 1.807) is 5.38 Å². The van der Waals surface area contributed by atoms with Gasteiger partial charge in [0.25, 0.3) is 0 Å². The molecule has 0 amide bonds. The Labute approximate surface area is 97.2 Å². The first-order valence-corrected chi connectivity index (χ1v) is 5.70. The molecule has 3 nitrogen and oxygen atoms in total. The van der Waals surface area contributed by atoms with Gasteiger partial charge < -0.3 is 10.8 Å². The van der Waals surface area contributed by atoms with Crippen molar-refractivity contribution in [2.45, 2.75) is 6.54 Å². The van der Waals surface area contributed by atoms with E-state index in [9.17, 15) is 4.79 Å². The highest BCUT2D eigenvalue weighted by Gasteiger charge is 2.12. The molecule has 16 heavy (non-hydrogen) atoms. The Morgan fingerprint density at radius 3 is 2.88 bits per heavy atom. The van der Waals surface area contributed by atoms with Gasteiger partial charge in [0.05, 0.1) is 0 Å². The van der Waals surface area contributed by atoms with Crippen molar-refractivity contribution in [1.82, 2.24) is 0 Å². The maximum atomic E-state index is 11.0. The summed E-state index contributed by atoms with van der Waals surface area (Å²) in [6, 6.07) is 9.46. The van der Waals surface area contributed by atoms with E-state index in [4.69, 9.17) is 10.8 Å². The van der Waals surface area contributed by atoms with Crippen molar-refractivity contribution in [2.24, 2.45) is 5.73 Å². The molecular formula is C12H11NO2S. The summed E-state index contributed by atoms with van der Waals surface area (Å²) >= 11 is 1.24. The summed E-state index contributed by atoms with van der Waals surface area (Å²) in [7, 11) is 0. The van der Waals surface area contributed by atoms with Gasteiger partial charge in [0.15, 0.2) is 0 Å². The molecule has 0 aliphatic heterocycles. The minimum atomic E-state index is -0.886. The first-order valence-electron chi connectivity index (χ1n) is 4.82. The molecule has 0 unspecified atom stereocenters. The van der Waals surface area contributed by atoms with E-state index in [1.807, 2.05) is 30.3 Å². The lowest BCUT2D eigenvalue weighted by atomic mass is 10.0. The van der Waals surface area contributed by atoms with Crippen LogP contribution in [0, 0.1) is 0 Å². The molecule has 4 heteroatoms. The molecule has 0 bridgehead atoms. The fourth-order valence-electron chi connectivity index (χ4n) is 1.57. The van der Waals surface area contributed by atoms with Crippen LogP contribution >= 0.6 is 11.3 Å². The maximum absolute atomic E-state index is 11.0. The lowest BCUT2D eigenvalue weighted by molar-refractivity contribution is 0.0703. The summed E-state index contributed by atoms with van der Waals surface area (Å²) in [5.74, 6) is -0.886. The smallest absolute Gasteiger partial charge is 0.346 e. The predicted molar refractivity (Wildman–Crippen MR) is 64.6 cm³/mol. The molecule has 2 rings (SSSR count). The zero-order valence-electron chi connectivity index (χ0n) is 8.51. The second-order valence-electron chi connectivity index (χ2n) is 3.37. The van der Waals surface area contributed by atoms with Gasteiger partial charge in [-0.05, 0) is 28.6 Å². The second-order valence-corrected chi connectivity index (χ2v) is 4.29. The van der Waals surface area contributed by atoms with Crippen LogP contribution in [-0.4, -0.2) is 11.1 Å². The Balaban J connectivity index is 2.50. The maximum Gasteiger partial charge on any atom is 0.346 e. The van der Waals surface area contributed by atoms with Crippen molar-refractivity contribution in [1.29, 1.82) is 0 Å². The number of benzene rings is 1. The predicted octanol–water partition coefficient (Wildman–Crippen LogP) is 2.57. The molecule has 1 aromatic heterocycles. The van der Waals surface area contributed by atoms with Crippen LogP contribution in [0.3, 0.4) is 0 Å². The van der Waals surface area contributed by atoms with E-state index in [-0.39, 0.29) is 0 Å². The molecule has 82 valence electrons. The third kappa shape index (κ3) is 1.98. The molecule has 0 fully saturated rings. The molecule has 2 aromatic rings. The molecule has 0 aliphatic carbocycles. The zero-order chi connectivity index (χ0) is 11.5. The number of hydrogen-bond donors (Lipinski definition) is 2. The van der Waals surface area contributed by atoms with Gasteiger partial charge in [-0.1, -0.05) is 18.2 Å². The summed E-state index contributed by atoms with van der Waals surface area (Å²) in [6.07, 6.45) is 0. The summed E-state index contributed by atoms with van der Waals surface area (Å²) in [5, 5.41) is 10.8. The quantitative estimate of drug-likeness (QED) is 0.856. The molecule has 0 aliphatic rings. The highest BCUT2D eigenvalue weighted by atomic mass is 32.1.